The normalized spacial score (nSPS) is 0. The van der Waals surface area contributed by atoms with Gasteiger partial charge in [0.1, 0.15) is 0 Å². The van der Waals surface area contributed by atoms with Gasteiger partial charge in [-0.3, -0.25) is 0 Å². The maximum absolute atomic E-state index is 0. The molecule has 0 aromatic heterocycles. The summed E-state index contributed by atoms with van der Waals surface area (Å²) in [5, 5.41) is 0. The molecule has 0 spiro atoms. The molecule has 18 heavy (non-hydrogen) atoms. The van der Waals surface area contributed by atoms with E-state index in [9.17, 15) is 0 Å². The molecular weight excluding hydrogens is 694 g/mol. The topological polar surface area (TPSA) is 0 Å². The second-order valence-corrected chi connectivity index (χ2v) is 0. The molecule has 0 saturated carbocycles. The summed E-state index contributed by atoms with van der Waals surface area (Å²) in [5.74, 6) is 0. The molecule has 0 saturated heterocycles. The van der Waals surface area contributed by atoms with E-state index in [1.807, 2.05) is 0 Å². The molecule has 0 aliphatic rings. The molecule has 0 fully saturated rings. The van der Waals surface area contributed by atoms with E-state index >= 15 is 0 Å². The molecule has 114 valence electrons. The summed E-state index contributed by atoms with van der Waals surface area (Å²) in [6.07, 6.45) is 0. The molecule has 0 unspecified atom stereocenters. The van der Waals surface area contributed by atoms with Gasteiger partial charge in [-0.05, 0) is 0 Å². The molecule has 0 atom stereocenters. The Morgan fingerprint density at radius 1 is 0.333 bits per heavy atom. The van der Waals surface area contributed by atoms with Crippen LogP contribution in [0.15, 0.2) is 0 Å². The Morgan fingerprint density at radius 2 is 0.333 bits per heavy atom. The number of hydrogen-bond acceptors (Lipinski definition) is 0. The van der Waals surface area contributed by atoms with E-state index in [1.165, 1.54) is 0 Å². The Hall–Kier alpha value is 4.31. The van der Waals surface area contributed by atoms with Gasteiger partial charge in [0.25, 0.3) is 0 Å². The smallest absolute Gasteiger partial charge is 1.00 e. The van der Waals surface area contributed by atoms with E-state index in [0.29, 0.717) is 0 Å². The van der Waals surface area contributed by atoms with E-state index in [0.717, 1.165) is 0 Å². The largest absolute Gasteiger partial charge is 4.00 e. The van der Waals surface area contributed by atoms with Crippen molar-refractivity contribution in [1.29, 1.82) is 0 Å². The first kappa shape index (κ1) is 545. The van der Waals surface area contributed by atoms with Gasteiger partial charge in [-0.15, -0.1) is 0 Å². The van der Waals surface area contributed by atoms with Crippen LogP contribution in [-0.2, 0) is 26.2 Å². The Balaban J connectivity index is 0. The van der Waals surface area contributed by atoms with Crippen molar-refractivity contribution in [3.05, 3.63) is 0 Å². The van der Waals surface area contributed by atoms with Crippen molar-refractivity contribution in [3.8, 4) is 0 Å². The minimum Gasteiger partial charge on any atom is -1.00 e. The number of hydrogen-bond donors (Lipinski definition) is 0. The van der Waals surface area contributed by atoms with Gasteiger partial charge in [0, 0.05) is 0 Å². The summed E-state index contributed by atoms with van der Waals surface area (Å²) < 4.78 is 0. The maximum atomic E-state index is 0. The number of rotatable bonds is 0. The van der Waals surface area contributed by atoms with Crippen LogP contribution in [0.4, 0.5) is 0 Å². The van der Waals surface area contributed by atoms with E-state index in [4.69, 9.17) is 0 Å². The zero-order chi connectivity index (χ0) is 0. The summed E-state index contributed by atoms with van der Waals surface area (Å²) in [6, 6.07) is 0. The van der Waals surface area contributed by atoms with Crippen molar-refractivity contribution in [2.75, 3.05) is 0 Å². The molecule has 0 heterocycles. The van der Waals surface area contributed by atoms with Crippen LogP contribution in [0.2, 0.25) is 0 Å². The Labute approximate surface area is 215 Å². The summed E-state index contributed by atoms with van der Waals surface area (Å²) in [4.78, 5) is 0. The molecule has 0 rings (SSSR count). The van der Waals surface area contributed by atoms with Crippen LogP contribution in [0.3, 0.4) is 0 Å². The molecule has 0 radical (unpaired) electrons. The van der Waals surface area contributed by atoms with Gasteiger partial charge in [-0.2, -0.15) is 0 Å². The van der Waals surface area contributed by atoms with E-state index in [-0.39, 0.29) is 220 Å². The van der Waals surface area contributed by atoms with Crippen LogP contribution in [0.1, 0.15) is 0 Å². The molecule has 0 aromatic carbocycles. The predicted octanol–water partition coefficient (Wildman–Crippen LogP) is -42.7. The monoisotopic (exact) mass is 694 g/mol. The molecule has 0 bridgehead atoms. The minimum absolute atomic E-state index is 0. The van der Waals surface area contributed by atoms with Gasteiger partial charge in [-0.25, -0.2) is 0 Å². The minimum atomic E-state index is 0. The molecular formula is AlBaF13NaTmZr. The fourth-order valence-electron chi connectivity index (χ4n) is 0. The van der Waals surface area contributed by atoms with E-state index in [2.05, 4.69) is 0 Å². The van der Waals surface area contributed by atoms with Crippen LogP contribution >= 0.6 is 0 Å². The average molecular weight is 694 g/mol. The predicted molar refractivity (Wildman–Crippen MR) is 11.5 cm³/mol. The van der Waals surface area contributed by atoms with Crippen molar-refractivity contribution in [2.45, 2.75) is 0 Å². The zero-order valence-corrected chi connectivity index (χ0v) is 19.8. The Bertz CT molecular complexity index is 27.0. The first-order valence-electron chi connectivity index (χ1n) is 0. The molecule has 0 aromatic rings. The zero-order valence-electron chi connectivity index (χ0n) is 7.98. The fraction of sp³-hybridized carbons (Fsp3) is 0. The van der Waals surface area contributed by atoms with Gasteiger partial charge in [0.15, 0.2) is 0 Å². The molecule has 0 N–H and O–H groups in total. The first-order valence-corrected chi connectivity index (χ1v) is 0. The van der Waals surface area contributed by atoms with Crippen molar-refractivity contribution >= 4 is 66.2 Å². The molecule has 0 aliphatic heterocycles. The van der Waals surface area contributed by atoms with Crippen LogP contribution in [0.25, 0.3) is 0 Å². The van der Waals surface area contributed by atoms with Gasteiger partial charge >= 0.3 is 159 Å². The van der Waals surface area contributed by atoms with Crippen molar-refractivity contribution in [1.82, 2.24) is 0 Å². The SMILES string of the molecule is [Al+3].[Ba+2].[F-].[F-].[F-].[F-].[F-].[F-].[F-].[F-].[F-].[F-].[F-].[F-].[F-].[Na+].[Tm+3].[Zr+4]. The van der Waals surface area contributed by atoms with Crippen LogP contribution < -0.4 is 90.7 Å². The van der Waals surface area contributed by atoms with Crippen molar-refractivity contribution in [2.24, 2.45) is 0 Å². The van der Waals surface area contributed by atoms with Gasteiger partial charge in [0.05, 0.1) is 0 Å². The maximum Gasteiger partial charge on any atom is 4.00 e. The third-order valence-corrected chi connectivity index (χ3v) is 0. The third-order valence-electron chi connectivity index (χ3n) is 0. The van der Waals surface area contributed by atoms with Gasteiger partial charge < -0.3 is 61.2 Å². The van der Waals surface area contributed by atoms with Crippen LogP contribution in [-0.4, -0.2) is 66.2 Å². The second-order valence-electron chi connectivity index (χ2n) is 0. The van der Waals surface area contributed by atoms with Gasteiger partial charge in [-0.1, -0.05) is 0 Å². The molecule has 18 heteroatoms. The third kappa shape index (κ3) is 408. The molecule has 0 nitrogen and oxygen atoms in total. The van der Waals surface area contributed by atoms with Crippen LogP contribution in [0, 0.1) is 36.9 Å². The number of halogens is 13. The van der Waals surface area contributed by atoms with Crippen molar-refractivity contribution < 1.29 is 154 Å². The quantitative estimate of drug-likeness (QED) is 0.175. The van der Waals surface area contributed by atoms with Gasteiger partial charge in [0.2, 0.25) is 0 Å². The Kier molecular flexibility index (Phi) is 14300. The summed E-state index contributed by atoms with van der Waals surface area (Å²) in [7, 11) is 0. The fourth-order valence-corrected chi connectivity index (χ4v) is 0. The first-order chi connectivity index (χ1) is 0. The van der Waals surface area contributed by atoms with E-state index in [1.54, 1.807) is 0 Å². The molecule has 0 aliphatic carbocycles. The average Bonchev–Trinajstić information content (AvgIpc) is 0. The van der Waals surface area contributed by atoms with E-state index < -0.39 is 0 Å². The summed E-state index contributed by atoms with van der Waals surface area (Å²) in [6.45, 7) is 0. The van der Waals surface area contributed by atoms with Crippen molar-refractivity contribution in [3.63, 3.8) is 0 Å². The summed E-state index contributed by atoms with van der Waals surface area (Å²) >= 11 is 0. The Morgan fingerprint density at radius 3 is 0.333 bits per heavy atom. The summed E-state index contributed by atoms with van der Waals surface area (Å²) in [5.41, 5.74) is 0. The standard InChI is InChI=1S/Al.Ba.13FH.Na.Tm.Zr/h;;13*1H;;;/q+3;+2;;;;;;;;;;;;;;+1;+3;+4/p-13. The second kappa shape index (κ2) is 473. The van der Waals surface area contributed by atoms with Crippen LogP contribution in [0.5, 0.6) is 0 Å². The molecule has 0 amide bonds.